The first-order valence-corrected chi connectivity index (χ1v) is 11.7. The number of ether oxygens (including phenoxy) is 2. The van der Waals surface area contributed by atoms with Gasteiger partial charge >= 0.3 is 0 Å². The first-order valence-electron chi connectivity index (χ1n) is 11.7. The second-order valence-corrected chi connectivity index (χ2v) is 8.25. The molecule has 1 amide bonds. The maximum Gasteiger partial charge on any atom is 0.254 e. The molecule has 0 bridgehead atoms. The third kappa shape index (κ3) is 6.49. The maximum atomic E-state index is 13.5. The molecule has 36 heavy (non-hydrogen) atoms. The molecule has 0 N–H and O–H groups in total. The number of rotatable bonds is 10. The maximum absolute atomic E-state index is 13.5. The first kappa shape index (κ1) is 24.5. The average Bonchev–Trinajstić information content (AvgIpc) is 2.95. The summed E-state index contributed by atoms with van der Waals surface area (Å²) in [6.07, 6.45) is 2.36. The van der Waals surface area contributed by atoms with Crippen LogP contribution in [0.25, 0.3) is 0 Å². The standard InChI is InChI=1S/C30H27N3O3/c1-35-29-19-25(13-14-28(29)36-22-23-8-3-2-4-9-23)21-33(17-15-27-12-5-6-16-32-27)30(34)26-11-7-10-24(18-26)20-31/h2-14,16,18-19H,15,17,21-22H2,1H3. The second-order valence-electron chi connectivity index (χ2n) is 8.25. The summed E-state index contributed by atoms with van der Waals surface area (Å²) < 4.78 is 11.6. The third-order valence-electron chi connectivity index (χ3n) is 5.73. The minimum Gasteiger partial charge on any atom is -0.493 e. The molecule has 0 spiro atoms. The van der Waals surface area contributed by atoms with Crippen LogP contribution in [0.15, 0.2) is 97.2 Å². The molecule has 6 nitrogen and oxygen atoms in total. The molecular weight excluding hydrogens is 450 g/mol. The Labute approximate surface area is 211 Å². The van der Waals surface area contributed by atoms with Crippen LogP contribution >= 0.6 is 0 Å². The Morgan fingerprint density at radius 2 is 1.75 bits per heavy atom. The van der Waals surface area contributed by atoms with Crippen LogP contribution in [-0.4, -0.2) is 29.4 Å². The van der Waals surface area contributed by atoms with E-state index in [0.29, 0.717) is 48.7 Å². The van der Waals surface area contributed by atoms with Crippen LogP contribution in [0.3, 0.4) is 0 Å². The summed E-state index contributed by atoms with van der Waals surface area (Å²) in [6, 6.07) is 30.3. The van der Waals surface area contributed by atoms with E-state index in [1.54, 1.807) is 42.5 Å². The van der Waals surface area contributed by atoms with Gasteiger partial charge in [0.2, 0.25) is 0 Å². The molecule has 3 aromatic carbocycles. The zero-order valence-electron chi connectivity index (χ0n) is 20.1. The van der Waals surface area contributed by atoms with Crippen LogP contribution in [0, 0.1) is 11.3 Å². The van der Waals surface area contributed by atoms with Crippen LogP contribution in [-0.2, 0) is 19.6 Å². The van der Waals surface area contributed by atoms with E-state index >= 15 is 0 Å². The molecule has 6 heteroatoms. The summed E-state index contributed by atoms with van der Waals surface area (Å²) in [6.45, 7) is 1.28. The lowest BCUT2D eigenvalue weighted by Gasteiger charge is -2.24. The molecule has 0 atom stereocenters. The van der Waals surface area contributed by atoms with Gasteiger partial charge in [0, 0.05) is 37.0 Å². The molecule has 0 aliphatic carbocycles. The Hall–Kier alpha value is -4.63. The van der Waals surface area contributed by atoms with Crippen LogP contribution in [0.2, 0.25) is 0 Å². The fourth-order valence-corrected chi connectivity index (χ4v) is 3.84. The van der Waals surface area contributed by atoms with Crippen molar-refractivity contribution in [2.45, 2.75) is 19.6 Å². The SMILES string of the molecule is COc1cc(CN(CCc2ccccn2)C(=O)c2cccc(C#N)c2)ccc1OCc1ccccc1. The fourth-order valence-electron chi connectivity index (χ4n) is 3.84. The van der Waals surface area contributed by atoms with E-state index in [1.165, 1.54) is 0 Å². The van der Waals surface area contributed by atoms with Gasteiger partial charge in [0.05, 0.1) is 18.7 Å². The van der Waals surface area contributed by atoms with Crippen molar-refractivity contribution in [3.8, 4) is 17.6 Å². The second kappa shape index (κ2) is 12.2. The number of methoxy groups -OCH3 is 1. The smallest absolute Gasteiger partial charge is 0.254 e. The molecule has 1 aromatic heterocycles. The Bertz CT molecular complexity index is 1330. The lowest BCUT2D eigenvalue weighted by atomic mass is 10.1. The van der Waals surface area contributed by atoms with Gasteiger partial charge in [-0.25, -0.2) is 0 Å². The van der Waals surface area contributed by atoms with Gasteiger partial charge in [-0.15, -0.1) is 0 Å². The lowest BCUT2D eigenvalue weighted by Crippen LogP contribution is -2.32. The Morgan fingerprint density at radius 3 is 2.50 bits per heavy atom. The predicted octanol–water partition coefficient (Wildman–Crippen LogP) is 5.43. The van der Waals surface area contributed by atoms with Gasteiger partial charge in [0.25, 0.3) is 5.91 Å². The van der Waals surface area contributed by atoms with Crippen LogP contribution in [0.1, 0.15) is 32.7 Å². The van der Waals surface area contributed by atoms with Crippen molar-refractivity contribution in [3.05, 3.63) is 125 Å². The number of pyridine rings is 1. The average molecular weight is 478 g/mol. The summed E-state index contributed by atoms with van der Waals surface area (Å²) in [4.78, 5) is 19.6. The van der Waals surface area contributed by atoms with Crippen molar-refractivity contribution in [1.29, 1.82) is 5.26 Å². The third-order valence-corrected chi connectivity index (χ3v) is 5.73. The molecule has 0 aliphatic heterocycles. The van der Waals surface area contributed by atoms with Crippen LogP contribution < -0.4 is 9.47 Å². The number of carbonyl (C=O) groups is 1. The largest absolute Gasteiger partial charge is 0.493 e. The van der Waals surface area contributed by atoms with E-state index in [4.69, 9.17) is 9.47 Å². The number of benzene rings is 3. The Morgan fingerprint density at radius 1 is 0.917 bits per heavy atom. The number of amides is 1. The van der Waals surface area contributed by atoms with Crippen molar-refractivity contribution in [1.82, 2.24) is 9.88 Å². The molecule has 0 unspecified atom stereocenters. The molecular formula is C30H27N3O3. The van der Waals surface area contributed by atoms with Gasteiger partial charge in [0.15, 0.2) is 11.5 Å². The van der Waals surface area contributed by atoms with Gasteiger partial charge in [-0.3, -0.25) is 9.78 Å². The normalized spacial score (nSPS) is 10.3. The van der Waals surface area contributed by atoms with Crippen molar-refractivity contribution in [2.24, 2.45) is 0 Å². The van der Waals surface area contributed by atoms with Crippen molar-refractivity contribution < 1.29 is 14.3 Å². The summed E-state index contributed by atoms with van der Waals surface area (Å²) in [5.74, 6) is 1.09. The summed E-state index contributed by atoms with van der Waals surface area (Å²) in [5.41, 5.74) is 3.81. The van der Waals surface area contributed by atoms with E-state index in [1.807, 2.05) is 66.7 Å². The predicted molar refractivity (Wildman–Crippen MR) is 138 cm³/mol. The number of nitriles is 1. The zero-order chi connectivity index (χ0) is 25.2. The monoisotopic (exact) mass is 477 g/mol. The minimum absolute atomic E-state index is 0.147. The highest BCUT2D eigenvalue weighted by Crippen LogP contribution is 2.29. The van der Waals surface area contributed by atoms with Crippen LogP contribution in [0.4, 0.5) is 0 Å². The molecule has 0 fully saturated rings. The van der Waals surface area contributed by atoms with Crippen molar-refractivity contribution >= 4 is 5.91 Å². The number of aromatic nitrogens is 1. The van der Waals surface area contributed by atoms with Gasteiger partial charge in [-0.2, -0.15) is 5.26 Å². The topological polar surface area (TPSA) is 75.5 Å². The van der Waals surface area contributed by atoms with Gasteiger partial charge < -0.3 is 14.4 Å². The highest BCUT2D eigenvalue weighted by Gasteiger charge is 2.18. The van der Waals surface area contributed by atoms with Crippen LogP contribution in [0.5, 0.6) is 11.5 Å². The number of hydrogen-bond acceptors (Lipinski definition) is 5. The number of carbonyl (C=O) groups excluding carboxylic acids is 1. The fraction of sp³-hybridized carbons (Fsp3) is 0.167. The minimum atomic E-state index is -0.147. The van der Waals surface area contributed by atoms with Gasteiger partial charge in [-0.1, -0.05) is 48.5 Å². The van der Waals surface area contributed by atoms with Gasteiger partial charge in [-0.05, 0) is 53.6 Å². The molecule has 0 aliphatic rings. The van der Waals surface area contributed by atoms with Gasteiger partial charge in [0.1, 0.15) is 6.61 Å². The molecule has 4 aromatic rings. The van der Waals surface area contributed by atoms with E-state index < -0.39 is 0 Å². The van der Waals surface area contributed by atoms with Crippen molar-refractivity contribution in [3.63, 3.8) is 0 Å². The molecule has 180 valence electrons. The van der Waals surface area contributed by atoms with E-state index in [0.717, 1.165) is 16.8 Å². The number of nitrogens with zero attached hydrogens (tertiary/aromatic N) is 3. The zero-order valence-corrected chi connectivity index (χ0v) is 20.1. The molecule has 1 heterocycles. The summed E-state index contributed by atoms with van der Waals surface area (Å²) in [7, 11) is 1.60. The summed E-state index contributed by atoms with van der Waals surface area (Å²) >= 11 is 0. The van der Waals surface area contributed by atoms with E-state index in [-0.39, 0.29) is 5.91 Å². The molecule has 0 saturated heterocycles. The lowest BCUT2D eigenvalue weighted by molar-refractivity contribution is 0.0744. The quantitative estimate of drug-likeness (QED) is 0.305. The molecule has 0 saturated carbocycles. The molecule has 0 radical (unpaired) electrons. The van der Waals surface area contributed by atoms with Crippen molar-refractivity contribution in [2.75, 3.05) is 13.7 Å². The van der Waals surface area contributed by atoms with E-state index in [2.05, 4.69) is 11.1 Å². The Balaban J connectivity index is 1.53. The first-order chi connectivity index (χ1) is 17.7. The molecule has 4 rings (SSSR count). The Kier molecular flexibility index (Phi) is 8.29. The van der Waals surface area contributed by atoms with E-state index in [9.17, 15) is 10.1 Å². The highest BCUT2D eigenvalue weighted by atomic mass is 16.5. The highest BCUT2D eigenvalue weighted by molar-refractivity contribution is 5.94. The summed E-state index contributed by atoms with van der Waals surface area (Å²) in [5, 5.41) is 9.26. The number of hydrogen-bond donors (Lipinski definition) is 0.